The number of ether oxygens (including phenoxy) is 1. The fourth-order valence-corrected chi connectivity index (χ4v) is 2.31. The summed E-state index contributed by atoms with van der Waals surface area (Å²) in [5.74, 6) is 0.410. The average molecular weight is 247 g/mol. The molecule has 2 rings (SSSR count). The Balaban J connectivity index is 2.08. The minimum absolute atomic E-state index is 0.0474. The van der Waals surface area contributed by atoms with E-state index in [0.717, 1.165) is 37.2 Å². The molecule has 1 aliphatic rings. The van der Waals surface area contributed by atoms with Crippen molar-refractivity contribution in [2.75, 3.05) is 13.2 Å². The maximum absolute atomic E-state index is 12.3. The fraction of sp³-hybridized carbons (Fsp3) is 0.533. The summed E-state index contributed by atoms with van der Waals surface area (Å²) in [7, 11) is 0. The molecule has 98 valence electrons. The molecule has 0 radical (unpaired) electrons. The molecule has 0 atom stereocenters. The first-order chi connectivity index (χ1) is 8.68. The number of amides is 1. The van der Waals surface area contributed by atoms with Gasteiger partial charge in [0.2, 0.25) is 0 Å². The summed E-state index contributed by atoms with van der Waals surface area (Å²) >= 11 is 0. The van der Waals surface area contributed by atoms with Crippen LogP contribution in [0.2, 0.25) is 0 Å². The Hall–Kier alpha value is -1.35. The molecule has 18 heavy (non-hydrogen) atoms. The first-order valence-corrected chi connectivity index (χ1v) is 6.66. The Morgan fingerprint density at radius 3 is 2.61 bits per heavy atom. The van der Waals surface area contributed by atoms with Crippen molar-refractivity contribution in [2.45, 2.75) is 38.6 Å². The predicted octanol–water partition coefficient (Wildman–Crippen LogP) is 2.72. The number of carbonyl (C=O) groups excluding carboxylic acids is 1. The van der Waals surface area contributed by atoms with Crippen LogP contribution < -0.4 is 5.32 Å². The molecule has 0 unspecified atom stereocenters. The molecule has 3 heteroatoms. The molecule has 0 saturated carbocycles. The van der Waals surface area contributed by atoms with E-state index in [1.165, 1.54) is 0 Å². The van der Waals surface area contributed by atoms with Gasteiger partial charge < -0.3 is 10.1 Å². The Labute approximate surface area is 109 Å². The van der Waals surface area contributed by atoms with E-state index >= 15 is 0 Å². The maximum atomic E-state index is 12.3. The summed E-state index contributed by atoms with van der Waals surface area (Å²) in [6, 6.07) is 8.10. The second-order valence-corrected chi connectivity index (χ2v) is 5.10. The topological polar surface area (TPSA) is 38.3 Å². The van der Waals surface area contributed by atoms with Crippen molar-refractivity contribution in [1.82, 2.24) is 5.32 Å². The van der Waals surface area contributed by atoms with Crippen LogP contribution in [-0.4, -0.2) is 25.2 Å². The number of hydrogen-bond donors (Lipinski definition) is 1. The molecule has 1 amide bonds. The third-order valence-electron chi connectivity index (χ3n) is 3.38. The Kier molecular flexibility index (Phi) is 4.37. The lowest BCUT2D eigenvalue weighted by Crippen LogP contribution is -2.39. The molecule has 0 aromatic heterocycles. The van der Waals surface area contributed by atoms with Crippen LogP contribution in [0.25, 0.3) is 0 Å². The van der Waals surface area contributed by atoms with Gasteiger partial charge in [-0.3, -0.25) is 4.79 Å². The van der Waals surface area contributed by atoms with Crippen LogP contribution in [0.1, 0.15) is 48.5 Å². The molecule has 0 spiro atoms. The van der Waals surface area contributed by atoms with E-state index in [-0.39, 0.29) is 11.9 Å². The minimum atomic E-state index is 0.0474. The third-order valence-corrected chi connectivity index (χ3v) is 3.38. The van der Waals surface area contributed by atoms with Crippen molar-refractivity contribution >= 4 is 5.91 Å². The highest BCUT2D eigenvalue weighted by molar-refractivity contribution is 5.96. The third kappa shape index (κ3) is 3.10. The largest absolute Gasteiger partial charge is 0.381 e. The molecule has 1 fully saturated rings. The standard InChI is InChI=1S/C15H21NO2/c1-11(2)13-5-3-4-6-14(13)15(17)16-12-7-9-18-10-8-12/h3-6,11-12H,7-10H2,1-2H3,(H,16,17). The molecule has 1 aromatic rings. The molecule has 1 heterocycles. The van der Waals surface area contributed by atoms with Gasteiger partial charge in [0.05, 0.1) is 0 Å². The highest BCUT2D eigenvalue weighted by Gasteiger charge is 2.19. The Morgan fingerprint density at radius 1 is 1.28 bits per heavy atom. The summed E-state index contributed by atoms with van der Waals surface area (Å²) in [6.45, 7) is 5.72. The molecule has 1 aromatic carbocycles. The van der Waals surface area contributed by atoms with Crippen molar-refractivity contribution in [3.63, 3.8) is 0 Å². The second-order valence-electron chi connectivity index (χ2n) is 5.10. The zero-order valence-corrected chi connectivity index (χ0v) is 11.1. The van der Waals surface area contributed by atoms with Crippen LogP contribution in [-0.2, 0) is 4.74 Å². The van der Waals surface area contributed by atoms with Crippen molar-refractivity contribution in [2.24, 2.45) is 0 Å². The minimum Gasteiger partial charge on any atom is -0.381 e. The van der Waals surface area contributed by atoms with Crippen molar-refractivity contribution in [1.29, 1.82) is 0 Å². The summed E-state index contributed by atoms with van der Waals surface area (Å²) in [5, 5.41) is 3.11. The molecule has 3 nitrogen and oxygen atoms in total. The average Bonchev–Trinajstić information content (AvgIpc) is 2.40. The van der Waals surface area contributed by atoms with Crippen LogP contribution >= 0.6 is 0 Å². The number of nitrogens with one attached hydrogen (secondary N) is 1. The molecule has 0 bridgehead atoms. The van der Waals surface area contributed by atoms with Gasteiger partial charge in [-0.2, -0.15) is 0 Å². The summed E-state index contributed by atoms with van der Waals surface area (Å²) in [6.07, 6.45) is 1.82. The van der Waals surface area contributed by atoms with Crippen LogP contribution in [0.4, 0.5) is 0 Å². The van der Waals surface area contributed by atoms with E-state index in [1.807, 2.05) is 24.3 Å². The van der Waals surface area contributed by atoms with E-state index in [2.05, 4.69) is 19.2 Å². The van der Waals surface area contributed by atoms with Crippen molar-refractivity contribution in [3.05, 3.63) is 35.4 Å². The lowest BCUT2D eigenvalue weighted by molar-refractivity contribution is 0.0696. The van der Waals surface area contributed by atoms with Gasteiger partial charge in [0.1, 0.15) is 0 Å². The summed E-state index contributed by atoms with van der Waals surface area (Å²) in [4.78, 5) is 12.3. The zero-order valence-electron chi connectivity index (χ0n) is 11.1. The normalized spacial score (nSPS) is 16.8. The van der Waals surface area contributed by atoms with Gasteiger partial charge in [0, 0.05) is 24.8 Å². The number of rotatable bonds is 3. The molecule has 1 saturated heterocycles. The zero-order chi connectivity index (χ0) is 13.0. The van der Waals surface area contributed by atoms with Gasteiger partial charge >= 0.3 is 0 Å². The van der Waals surface area contributed by atoms with Crippen molar-refractivity contribution in [3.8, 4) is 0 Å². The first-order valence-electron chi connectivity index (χ1n) is 6.66. The predicted molar refractivity (Wildman–Crippen MR) is 71.8 cm³/mol. The number of carbonyl (C=O) groups is 1. The second kappa shape index (κ2) is 6.01. The molecule has 1 aliphatic heterocycles. The van der Waals surface area contributed by atoms with E-state index in [9.17, 15) is 4.79 Å². The monoisotopic (exact) mass is 247 g/mol. The van der Waals surface area contributed by atoms with E-state index in [1.54, 1.807) is 0 Å². The van der Waals surface area contributed by atoms with E-state index < -0.39 is 0 Å². The number of hydrogen-bond acceptors (Lipinski definition) is 2. The highest BCUT2D eigenvalue weighted by atomic mass is 16.5. The smallest absolute Gasteiger partial charge is 0.251 e. The molecule has 1 N–H and O–H groups in total. The van der Waals surface area contributed by atoms with Gasteiger partial charge in [-0.25, -0.2) is 0 Å². The first kappa shape index (κ1) is 13.1. The molecule has 0 aliphatic carbocycles. The summed E-state index contributed by atoms with van der Waals surface area (Å²) in [5.41, 5.74) is 1.92. The fourth-order valence-electron chi connectivity index (χ4n) is 2.31. The van der Waals surface area contributed by atoms with E-state index in [4.69, 9.17) is 4.74 Å². The molecular formula is C15H21NO2. The van der Waals surface area contributed by atoms with Crippen LogP contribution in [0, 0.1) is 0 Å². The van der Waals surface area contributed by atoms with E-state index in [0.29, 0.717) is 5.92 Å². The highest BCUT2D eigenvalue weighted by Crippen LogP contribution is 2.19. The van der Waals surface area contributed by atoms with Crippen LogP contribution in [0.3, 0.4) is 0 Å². The van der Waals surface area contributed by atoms with Crippen molar-refractivity contribution < 1.29 is 9.53 Å². The quantitative estimate of drug-likeness (QED) is 0.892. The maximum Gasteiger partial charge on any atom is 0.251 e. The van der Waals surface area contributed by atoms with Gasteiger partial charge in [-0.15, -0.1) is 0 Å². The summed E-state index contributed by atoms with van der Waals surface area (Å²) < 4.78 is 5.30. The number of benzene rings is 1. The SMILES string of the molecule is CC(C)c1ccccc1C(=O)NC1CCOCC1. The lowest BCUT2D eigenvalue weighted by Gasteiger charge is -2.24. The van der Waals surface area contributed by atoms with Crippen LogP contribution in [0.15, 0.2) is 24.3 Å². The lowest BCUT2D eigenvalue weighted by atomic mass is 9.96. The Bertz CT molecular complexity index is 409. The van der Waals surface area contributed by atoms with Gasteiger partial charge in [0.25, 0.3) is 5.91 Å². The molecular weight excluding hydrogens is 226 g/mol. The van der Waals surface area contributed by atoms with Crippen LogP contribution in [0.5, 0.6) is 0 Å². The van der Waals surface area contributed by atoms with Gasteiger partial charge in [0.15, 0.2) is 0 Å². The van der Waals surface area contributed by atoms with Gasteiger partial charge in [-0.05, 0) is 30.4 Å². The van der Waals surface area contributed by atoms with Gasteiger partial charge in [-0.1, -0.05) is 32.0 Å². The Morgan fingerprint density at radius 2 is 1.94 bits per heavy atom.